The van der Waals surface area contributed by atoms with E-state index in [1.807, 2.05) is 42.5 Å². The van der Waals surface area contributed by atoms with Gasteiger partial charge in [-0.2, -0.15) is 0 Å². The number of anilines is 1. The van der Waals surface area contributed by atoms with E-state index in [4.69, 9.17) is 17.0 Å². The Morgan fingerprint density at radius 1 is 1.25 bits per heavy atom. The summed E-state index contributed by atoms with van der Waals surface area (Å²) in [6.07, 6.45) is 0. The van der Waals surface area contributed by atoms with Crippen LogP contribution < -0.4 is 10.1 Å². The molecule has 0 unspecified atom stereocenters. The molecule has 1 aromatic heterocycles. The van der Waals surface area contributed by atoms with Crippen LogP contribution in [-0.4, -0.2) is 22.3 Å². The van der Waals surface area contributed by atoms with Crippen molar-refractivity contribution in [1.82, 2.24) is 4.98 Å². The normalized spacial score (nSPS) is 11.1. The van der Waals surface area contributed by atoms with Crippen LogP contribution >= 0.6 is 28.1 Å². The standard InChI is InChI=1S/C16H13BrN4O2S/c1-23-10-7-5-9(6-8-10)18-16(24)21-20-14-11-3-2-4-12(17)13(11)19-15(14)22/h2-8,19,22H,1H3,(H,18,24). The predicted molar refractivity (Wildman–Crippen MR) is 101 cm³/mol. The van der Waals surface area contributed by atoms with Crippen LogP contribution in [0.5, 0.6) is 11.6 Å². The molecule has 3 N–H and O–H groups in total. The van der Waals surface area contributed by atoms with Gasteiger partial charge in [0.05, 0.1) is 12.6 Å². The number of halogens is 1. The first-order chi connectivity index (χ1) is 11.6. The van der Waals surface area contributed by atoms with Crippen LogP contribution in [0.2, 0.25) is 0 Å². The molecule has 122 valence electrons. The fourth-order valence-electron chi connectivity index (χ4n) is 2.17. The molecular formula is C16H13BrN4O2S. The van der Waals surface area contributed by atoms with Gasteiger partial charge in [0.25, 0.3) is 0 Å². The van der Waals surface area contributed by atoms with Gasteiger partial charge in [0.2, 0.25) is 11.0 Å². The minimum Gasteiger partial charge on any atom is -0.497 e. The highest BCUT2D eigenvalue weighted by Crippen LogP contribution is 2.38. The lowest BCUT2D eigenvalue weighted by Gasteiger charge is -2.04. The Kier molecular flexibility index (Phi) is 4.77. The van der Waals surface area contributed by atoms with Crippen molar-refractivity contribution in [2.24, 2.45) is 10.2 Å². The van der Waals surface area contributed by atoms with E-state index in [0.717, 1.165) is 26.8 Å². The Balaban J connectivity index is 1.79. The number of aromatic nitrogens is 1. The van der Waals surface area contributed by atoms with Crippen molar-refractivity contribution in [3.05, 3.63) is 46.9 Å². The minimum absolute atomic E-state index is 0.0621. The number of benzene rings is 2. The van der Waals surface area contributed by atoms with Gasteiger partial charge >= 0.3 is 0 Å². The molecule has 1 heterocycles. The highest BCUT2D eigenvalue weighted by Gasteiger charge is 2.12. The van der Waals surface area contributed by atoms with Gasteiger partial charge in [0, 0.05) is 15.5 Å². The number of thiocarbonyl (C=S) groups is 1. The number of hydrogen-bond donors (Lipinski definition) is 3. The largest absolute Gasteiger partial charge is 0.497 e. The summed E-state index contributed by atoms with van der Waals surface area (Å²) in [7, 11) is 1.60. The number of methoxy groups -OCH3 is 1. The maximum absolute atomic E-state index is 10.0. The third-order valence-corrected chi connectivity index (χ3v) is 4.16. The van der Waals surface area contributed by atoms with Crippen molar-refractivity contribution in [3.8, 4) is 11.6 Å². The van der Waals surface area contributed by atoms with Gasteiger partial charge in [-0.3, -0.25) is 0 Å². The molecule has 0 aliphatic heterocycles. The minimum atomic E-state index is -0.0621. The average Bonchev–Trinajstić information content (AvgIpc) is 2.91. The number of ether oxygens (including phenoxy) is 1. The number of aromatic hydroxyl groups is 1. The molecule has 0 radical (unpaired) electrons. The number of hydrogen-bond acceptors (Lipinski definition) is 4. The van der Waals surface area contributed by atoms with Crippen molar-refractivity contribution in [3.63, 3.8) is 0 Å². The van der Waals surface area contributed by atoms with Crippen LogP contribution in [0.4, 0.5) is 11.4 Å². The molecule has 3 aromatic rings. The van der Waals surface area contributed by atoms with Crippen molar-refractivity contribution in [2.75, 3.05) is 12.4 Å². The van der Waals surface area contributed by atoms with Crippen LogP contribution in [0.15, 0.2) is 57.2 Å². The number of aromatic amines is 1. The first kappa shape index (κ1) is 16.4. The van der Waals surface area contributed by atoms with Gasteiger partial charge in [-0.25, -0.2) is 0 Å². The molecular weight excluding hydrogens is 392 g/mol. The molecule has 8 heteroatoms. The first-order valence-electron chi connectivity index (χ1n) is 6.94. The molecule has 0 bridgehead atoms. The number of azo groups is 1. The predicted octanol–water partition coefficient (Wildman–Crippen LogP) is 5.13. The average molecular weight is 405 g/mol. The van der Waals surface area contributed by atoms with E-state index < -0.39 is 0 Å². The zero-order valence-corrected chi connectivity index (χ0v) is 15.0. The monoisotopic (exact) mass is 404 g/mol. The molecule has 0 fully saturated rings. The summed E-state index contributed by atoms with van der Waals surface area (Å²) >= 11 is 8.58. The molecule has 0 spiro atoms. The van der Waals surface area contributed by atoms with Gasteiger partial charge in [-0.1, -0.05) is 12.1 Å². The van der Waals surface area contributed by atoms with Gasteiger partial charge in [0.1, 0.15) is 5.75 Å². The maximum Gasteiger partial charge on any atom is 0.218 e. The lowest BCUT2D eigenvalue weighted by atomic mass is 10.2. The summed E-state index contributed by atoms with van der Waals surface area (Å²) in [5.41, 5.74) is 1.86. The van der Waals surface area contributed by atoms with Crippen LogP contribution in [0.25, 0.3) is 10.9 Å². The van der Waals surface area contributed by atoms with E-state index in [-0.39, 0.29) is 11.0 Å². The van der Waals surface area contributed by atoms with E-state index in [0.29, 0.717) is 5.69 Å². The SMILES string of the molecule is COc1ccc(NC(=S)N=Nc2c(O)[nH]c3c(Br)cccc23)cc1. The smallest absolute Gasteiger partial charge is 0.218 e. The van der Waals surface area contributed by atoms with Crippen LogP contribution in [0, 0.1) is 0 Å². The molecule has 3 rings (SSSR count). The second-order valence-corrected chi connectivity index (χ2v) is 6.08. The maximum atomic E-state index is 10.0. The summed E-state index contributed by atoms with van der Waals surface area (Å²) in [5.74, 6) is 0.690. The van der Waals surface area contributed by atoms with Gasteiger partial charge < -0.3 is 20.1 Å². The summed E-state index contributed by atoms with van der Waals surface area (Å²) in [4.78, 5) is 2.86. The van der Waals surface area contributed by atoms with Crippen molar-refractivity contribution in [1.29, 1.82) is 0 Å². The fourth-order valence-corrected chi connectivity index (χ4v) is 2.80. The summed E-state index contributed by atoms with van der Waals surface area (Å²) < 4.78 is 5.93. The first-order valence-corrected chi connectivity index (χ1v) is 8.14. The van der Waals surface area contributed by atoms with Gasteiger partial charge in [-0.15, -0.1) is 10.2 Å². The molecule has 0 aliphatic rings. The number of nitrogens with zero attached hydrogens (tertiary/aromatic N) is 2. The summed E-state index contributed by atoms with van der Waals surface area (Å²) in [6.45, 7) is 0. The topological polar surface area (TPSA) is 82.0 Å². The number of para-hydroxylation sites is 1. The number of fused-ring (bicyclic) bond motifs is 1. The third-order valence-electron chi connectivity index (χ3n) is 3.32. The van der Waals surface area contributed by atoms with Crippen molar-refractivity contribution >= 4 is 55.5 Å². The van der Waals surface area contributed by atoms with E-state index in [1.54, 1.807) is 7.11 Å². The Morgan fingerprint density at radius 2 is 2.00 bits per heavy atom. The van der Waals surface area contributed by atoms with E-state index in [2.05, 4.69) is 36.5 Å². The van der Waals surface area contributed by atoms with Crippen molar-refractivity contribution in [2.45, 2.75) is 0 Å². The van der Waals surface area contributed by atoms with Crippen LogP contribution in [0.1, 0.15) is 0 Å². The Morgan fingerprint density at radius 3 is 2.71 bits per heavy atom. The van der Waals surface area contributed by atoms with E-state index in [9.17, 15) is 5.11 Å². The molecule has 6 nitrogen and oxygen atoms in total. The van der Waals surface area contributed by atoms with Crippen LogP contribution in [0.3, 0.4) is 0 Å². The molecule has 0 amide bonds. The summed E-state index contributed by atoms with van der Waals surface area (Å²) in [5, 5.41) is 21.9. The third kappa shape index (κ3) is 3.39. The molecule has 24 heavy (non-hydrogen) atoms. The second-order valence-electron chi connectivity index (χ2n) is 4.84. The zero-order valence-electron chi connectivity index (χ0n) is 12.6. The molecule has 0 saturated carbocycles. The molecule has 0 atom stereocenters. The number of nitrogens with one attached hydrogen (secondary N) is 2. The van der Waals surface area contributed by atoms with Gasteiger partial charge in [0.15, 0.2) is 5.69 Å². The lowest BCUT2D eigenvalue weighted by molar-refractivity contribution is 0.415. The highest BCUT2D eigenvalue weighted by molar-refractivity contribution is 9.10. The number of H-pyrrole nitrogens is 1. The quantitative estimate of drug-likeness (QED) is 0.417. The Bertz CT molecular complexity index is 922. The van der Waals surface area contributed by atoms with E-state index >= 15 is 0 Å². The molecule has 2 aromatic carbocycles. The lowest BCUT2D eigenvalue weighted by Crippen LogP contribution is -2.04. The Labute approximate surface area is 151 Å². The zero-order chi connectivity index (χ0) is 17.1. The highest BCUT2D eigenvalue weighted by atomic mass is 79.9. The van der Waals surface area contributed by atoms with Crippen molar-refractivity contribution < 1.29 is 9.84 Å². The van der Waals surface area contributed by atoms with Gasteiger partial charge in [-0.05, 0) is 58.5 Å². The fraction of sp³-hybridized carbons (Fsp3) is 0.0625. The summed E-state index contributed by atoms with van der Waals surface area (Å²) in [6, 6.07) is 12.8. The van der Waals surface area contributed by atoms with E-state index in [1.165, 1.54) is 0 Å². The Hall–Kier alpha value is -2.45. The van der Waals surface area contributed by atoms with Crippen LogP contribution in [-0.2, 0) is 0 Å². The molecule has 0 aliphatic carbocycles. The number of rotatable bonds is 3. The molecule has 0 saturated heterocycles. The second kappa shape index (κ2) is 6.98.